The molecule has 0 bridgehead atoms. The van der Waals surface area contributed by atoms with Crippen molar-refractivity contribution in [3.63, 3.8) is 0 Å². The molecule has 1 unspecified atom stereocenters. The molecular weight excluding hydrogens is 296 g/mol. The lowest BCUT2D eigenvalue weighted by molar-refractivity contribution is -0.141. The number of ether oxygens (including phenoxy) is 1. The van der Waals surface area contributed by atoms with Crippen LogP contribution in [0.25, 0.3) is 5.76 Å². The smallest absolute Gasteiger partial charge is 0.306 e. The fourth-order valence-electron chi connectivity index (χ4n) is 2.92. The van der Waals surface area contributed by atoms with E-state index in [0.717, 1.165) is 0 Å². The van der Waals surface area contributed by atoms with Crippen molar-refractivity contribution in [3.05, 3.63) is 41.0 Å². The van der Waals surface area contributed by atoms with Crippen molar-refractivity contribution in [2.45, 2.75) is 26.7 Å². The number of carbonyl (C=O) groups is 3. The second kappa shape index (κ2) is 6.77. The number of methoxy groups -OCH3 is 1. The quantitative estimate of drug-likeness (QED) is 0.667. The van der Waals surface area contributed by atoms with E-state index in [1.165, 1.54) is 13.2 Å². The van der Waals surface area contributed by atoms with Crippen molar-refractivity contribution >= 4 is 23.3 Å². The Morgan fingerprint density at radius 1 is 1.13 bits per heavy atom. The first-order valence-electron chi connectivity index (χ1n) is 7.55. The largest absolute Gasteiger partial charge is 0.507 e. The first-order chi connectivity index (χ1) is 10.9. The number of aliphatic hydroxyl groups excluding tert-OH is 1. The van der Waals surface area contributed by atoms with Gasteiger partial charge in [-0.15, -0.1) is 0 Å². The first-order valence-corrected chi connectivity index (χ1v) is 7.55. The van der Waals surface area contributed by atoms with Crippen LogP contribution in [-0.4, -0.2) is 29.8 Å². The highest BCUT2D eigenvalue weighted by molar-refractivity contribution is 6.52. The predicted octanol–water partition coefficient (Wildman–Crippen LogP) is 2.95. The second-order valence-corrected chi connectivity index (χ2v) is 6.07. The summed E-state index contributed by atoms with van der Waals surface area (Å²) in [5.41, 5.74) is 0.554. The van der Waals surface area contributed by atoms with Gasteiger partial charge in [0.05, 0.1) is 13.5 Å². The van der Waals surface area contributed by atoms with E-state index in [-0.39, 0.29) is 29.2 Å². The molecule has 0 amide bonds. The number of benzene rings is 1. The van der Waals surface area contributed by atoms with Gasteiger partial charge in [0, 0.05) is 22.6 Å². The molecule has 1 aromatic carbocycles. The number of hydrogen-bond acceptors (Lipinski definition) is 5. The van der Waals surface area contributed by atoms with Crippen molar-refractivity contribution in [1.82, 2.24) is 0 Å². The molecule has 1 aromatic rings. The van der Waals surface area contributed by atoms with Crippen LogP contribution < -0.4 is 0 Å². The monoisotopic (exact) mass is 316 g/mol. The fraction of sp³-hybridized carbons (Fsp3) is 0.389. The Bertz CT molecular complexity index is 684. The van der Waals surface area contributed by atoms with Crippen molar-refractivity contribution < 1.29 is 24.2 Å². The molecule has 0 saturated heterocycles. The molecule has 0 aromatic heterocycles. The molecule has 0 spiro atoms. The zero-order chi connectivity index (χ0) is 17.1. The van der Waals surface area contributed by atoms with Crippen molar-refractivity contribution in [2.24, 2.45) is 11.8 Å². The maximum atomic E-state index is 12.5. The summed E-state index contributed by atoms with van der Waals surface area (Å²) in [5.74, 6) is -2.44. The molecule has 1 aliphatic rings. The maximum absolute atomic E-state index is 12.5. The minimum atomic E-state index is -0.740. The van der Waals surface area contributed by atoms with Crippen LogP contribution in [0.3, 0.4) is 0 Å². The molecule has 1 N–H and O–H groups in total. The predicted molar refractivity (Wildman–Crippen MR) is 84.9 cm³/mol. The summed E-state index contributed by atoms with van der Waals surface area (Å²) in [4.78, 5) is 36.4. The number of Topliss-reactive ketones (excluding diaryl/α,β-unsaturated/α-hetero) is 2. The molecule has 0 saturated carbocycles. The van der Waals surface area contributed by atoms with Crippen LogP contribution in [0.1, 0.15) is 42.6 Å². The van der Waals surface area contributed by atoms with E-state index in [9.17, 15) is 19.5 Å². The van der Waals surface area contributed by atoms with E-state index in [2.05, 4.69) is 4.74 Å². The third-order valence-corrected chi connectivity index (χ3v) is 3.94. The zero-order valence-electron chi connectivity index (χ0n) is 13.5. The number of aliphatic hydroxyl groups is 1. The van der Waals surface area contributed by atoms with Gasteiger partial charge in [-0.1, -0.05) is 38.1 Å². The standard InChI is InChI=1S/C18H20O5/c1-10(2)8-11(9-14(19)23-3)15-16(20)12-6-4-5-7-13(12)17(21)18(15)22/h4-7,10-11,20H,8-9H2,1-3H3. The second-order valence-electron chi connectivity index (χ2n) is 6.07. The number of rotatable bonds is 5. The highest BCUT2D eigenvalue weighted by Crippen LogP contribution is 2.35. The van der Waals surface area contributed by atoms with Gasteiger partial charge in [0.1, 0.15) is 5.76 Å². The lowest BCUT2D eigenvalue weighted by Crippen LogP contribution is -2.30. The normalized spacial score (nSPS) is 15.7. The van der Waals surface area contributed by atoms with Gasteiger partial charge >= 0.3 is 5.97 Å². The Morgan fingerprint density at radius 3 is 2.30 bits per heavy atom. The first kappa shape index (κ1) is 16.9. The number of allylic oxidation sites excluding steroid dienone is 1. The van der Waals surface area contributed by atoms with E-state index in [1.807, 2.05) is 13.8 Å². The molecule has 122 valence electrons. The Kier molecular flexibility index (Phi) is 4.98. The van der Waals surface area contributed by atoms with Crippen LogP contribution in [-0.2, 0) is 14.3 Å². The van der Waals surface area contributed by atoms with E-state index < -0.39 is 23.5 Å². The Balaban J connectivity index is 2.54. The summed E-state index contributed by atoms with van der Waals surface area (Å²) in [6.45, 7) is 3.90. The highest BCUT2D eigenvalue weighted by Gasteiger charge is 2.37. The SMILES string of the molecule is COC(=O)CC(CC(C)C)C1=C(O)c2ccccc2C(=O)C1=O. The minimum Gasteiger partial charge on any atom is -0.507 e. The summed E-state index contributed by atoms with van der Waals surface area (Å²) in [5, 5.41) is 10.5. The van der Waals surface area contributed by atoms with Gasteiger partial charge in [-0.05, 0) is 12.3 Å². The molecule has 2 rings (SSSR count). The zero-order valence-corrected chi connectivity index (χ0v) is 13.5. The third-order valence-electron chi connectivity index (χ3n) is 3.94. The number of esters is 1. The van der Waals surface area contributed by atoms with Gasteiger partial charge in [-0.25, -0.2) is 0 Å². The average molecular weight is 316 g/mol. The van der Waals surface area contributed by atoms with Crippen LogP contribution in [0.5, 0.6) is 0 Å². The van der Waals surface area contributed by atoms with E-state index in [4.69, 9.17) is 0 Å². The Morgan fingerprint density at radius 2 is 1.74 bits per heavy atom. The molecule has 1 atom stereocenters. The van der Waals surface area contributed by atoms with Gasteiger partial charge in [0.2, 0.25) is 11.6 Å². The average Bonchev–Trinajstić information content (AvgIpc) is 2.52. The lowest BCUT2D eigenvalue weighted by atomic mass is 9.78. The van der Waals surface area contributed by atoms with Crippen LogP contribution >= 0.6 is 0 Å². The van der Waals surface area contributed by atoms with Gasteiger partial charge in [-0.3, -0.25) is 14.4 Å². The van der Waals surface area contributed by atoms with Gasteiger partial charge in [0.25, 0.3) is 0 Å². The molecular formula is C18H20O5. The van der Waals surface area contributed by atoms with Gasteiger partial charge in [0.15, 0.2) is 0 Å². The molecule has 5 nitrogen and oxygen atoms in total. The topological polar surface area (TPSA) is 80.7 Å². The Labute approximate surface area is 135 Å². The van der Waals surface area contributed by atoms with Crippen LogP contribution in [0.2, 0.25) is 0 Å². The lowest BCUT2D eigenvalue weighted by Gasteiger charge is -2.25. The van der Waals surface area contributed by atoms with Crippen LogP contribution in [0.4, 0.5) is 0 Å². The molecule has 23 heavy (non-hydrogen) atoms. The molecule has 1 aliphatic carbocycles. The van der Waals surface area contributed by atoms with Gasteiger partial charge in [-0.2, -0.15) is 0 Å². The van der Waals surface area contributed by atoms with Gasteiger partial charge < -0.3 is 9.84 Å². The van der Waals surface area contributed by atoms with Crippen LogP contribution in [0.15, 0.2) is 29.8 Å². The third kappa shape index (κ3) is 3.33. The summed E-state index contributed by atoms with van der Waals surface area (Å²) in [6, 6.07) is 6.44. The minimum absolute atomic E-state index is 0.0211. The molecule has 0 fully saturated rings. The number of hydrogen-bond donors (Lipinski definition) is 1. The summed E-state index contributed by atoms with van der Waals surface area (Å²) < 4.78 is 4.68. The summed E-state index contributed by atoms with van der Waals surface area (Å²) in [6.07, 6.45) is 0.449. The maximum Gasteiger partial charge on any atom is 0.306 e. The van der Waals surface area contributed by atoms with E-state index in [1.54, 1.807) is 18.2 Å². The molecule has 0 aliphatic heterocycles. The fourth-order valence-corrected chi connectivity index (χ4v) is 2.92. The molecule has 5 heteroatoms. The molecule has 0 heterocycles. The number of ketones is 2. The number of carbonyl (C=O) groups excluding carboxylic acids is 3. The van der Waals surface area contributed by atoms with E-state index >= 15 is 0 Å². The van der Waals surface area contributed by atoms with Crippen molar-refractivity contribution in [1.29, 1.82) is 0 Å². The summed E-state index contributed by atoms with van der Waals surface area (Å²) >= 11 is 0. The molecule has 0 radical (unpaired) electrons. The van der Waals surface area contributed by atoms with E-state index in [0.29, 0.717) is 12.0 Å². The van der Waals surface area contributed by atoms with Crippen molar-refractivity contribution in [3.8, 4) is 0 Å². The summed E-state index contributed by atoms with van der Waals surface area (Å²) in [7, 11) is 1.27. The Hall–Kier alpha value is -2.43. The highest BCUT2D eigenvalue weighted by atomic mass is 16.5. The van der Waals surface area contributed by atoms with Crippen molar-refractivity contribution in [2.75, 3.05) is 7.11 Å². The van der Waals surface area contributed by atoms with Crippen LogP contribution in [0, 0.1) is 11.8 Å². The number of fused-ring (bicyclic) bond motifs is 1.